The van der Waals surface area contributed by atoms with E-state index in [1.54, 1.807) is 19.2 Å². The standard InChI is InChI=1S/C15H17N3O3.C12H22N2O6.CH4/c1-21-13-9-12(15(20)18-14(16)7-4-8-19)17-11-6-3-2-5-10(11)13;13-5-1-4-10(14)12(18)20-19-6-2-3-9(8-15)7-11(16)17;/h2-3,5-6,8-9,14H,4,7,16H2,1H3,(H,18,20);8-10H,1-7,13-14H2,(H,16,17);1H4/t14-;9-,10-;/m00./s1. The monoisotopic (exact) mass is 593 g/mol. The van der Waals surface area contributed by atoms with E-state index >= 15 is 0 Å². The fourth-order valence-electron chi connectivity index (χ4n) is 3.45. The number of carbonyl (C=O) groups is 5. The number of ether oxygens (including phenoxy) is 1. The molecule has 0 radical (unpaired) electrons. The molecule has 1 heterocycles. The Balaban J connectivity index is 0.000000784. The number of rotatable bonds is 18. The van der Waals surface area contributed by atoms with Crippen molar-refractivity contribution in [2.75, 3.05) is 20.3 Å². The van der Waals surface area contributed by atoms with Crippen LogP contribution in [0.25, 0.3) is 10.9 Å². The van der Waals surface area contributed by atoms with Crippen molar-refractivity contribution in [2.45, 2.75) is 64.6 Å². The van der Waals surface area contributed by atoms with Crippen LogP contribution in [0.15, 0.2) is 30.3 Å². The second-order valence-corrected chi connectivity index (χ2v) is 8.95. The van der Waals surface area contributed by atoms with Crippen LogP contribution in [0.2, 0.25) is 0 Å². The number of aromatic nitrogens is 1. The summed E-state index contributed by atoms with van der Waals surface area (Å²) in [6.45, 7) is 0.526. The van der Waals surface area contributed by atoms with Gasteiger partial charge in [-0.15, -0.1) is 0 Å². The van der Waals surface area contributed by atoms with Crippen molar-refractivity contribution in [2.24, 2.45) is 23.1 Å². The largest absolute Gasteiger partial charge is 0.496 e. The number of nitrogens with two attached hydrogens (primary N) is 3. The summed E-state index contributed by atoms with van der Waals surface area (Å²) in [5, 5.41) is 12.0. The summed E-state index contributed by atoms with van der Waals surface area (Å²) < 4.78 is 5.29. The van der Waals surface area contributed by atoms with E-state index in [0.717, 1.165) is 11.7 Å². The van der Waals surface area contributed by atoms with Gasteiger partial charge in [0.1, 0.15) is 30.1 Å². The van der Waals surface area contributed by atoms with Crippen molar-refractivity contribution >= 4 is 41.3 Å². The van der Waals surface area contributed by atoms with E-state index in [0.29, 0.717) is 62.6 Å². The SMILES string of the molecule is C.COc1cc(C(=O)N[C@H](N)CCC=O)nc2ccccc12.NCCC[C@H](N)C(=O)OOCCC[C@H](C=O)CC(=O)O. The first-order valence-corrected chi connectivity index (χ1v) is 13.1. The molecule has 1 aromatic heterocycles. The van der Waals surface area contributed by atoms with Gasteiger partial charge in [-0.05, 0) is 50.8 Å². The molecular formula is C28H43N5O9. The lowest BCUT2D eigenvalue weighted by Gasteiger charge is -2.13. The highest BCUT2D eigenvalue weighted by Gasteiger charge is 2.17. The van der Waals surface area contributed by atoms with Gasteiger partial charge in [-0.3, -0.25) is 14.5 Å². The number of aldehydes is 2. The average Bonchev–Trinajstić information content (AvgIpc) is 2.97. The summed E-state index contributed by atoms with van der Waals surface area (Å²) in [6, 6.07) is 8.20. The molecule has 1 aromatic carbocycles. The number of carboxylic acids is 1. The maximum atomic E-state index is 12.1. The summed E-state index contributed by atoms with van der Waals surface area (Å²) in [5.74, 6) is -2.07. The van der Waals surface area contributed by atoms with Crippen molar-refractivity contribution < 1.29 is 43.6 Å². The summed E-state index contributed by atoms with van der Waals surface area (Å²) in [5.41, 5.74) is 17.4. The molecule has 8 N–H and O–H groups in total. The van der Waals surface area contributed by atoms with Crippen molar-refractivity contribution in [3.8, 4) is 5.75 Å². The number of carbonyl (C=O) groups excluding carboxylic acids is 4. The predicted molar refractivity (Wildman–Crippen MR) is 155 cm³/mol. The molecule has 0 saturated heterocycles. The third-order valence-corrected chi connectivity index (χ3v) is 5.64. The Bertz CT molecular complexity index is 1130. The predicted octanol–water partition coefficient (Wildman–Crippen LogP) is 1.47. The normalized spacial score (nSPS) is 12.4. The van der Waals surface area contributed by atoms with Crippen LogP contribution in [-0.4, -0.2) is 73.0 Å². The number of methoxy groups -OCH3 is 1. The molecular weight excluding hydrogens is 550 g/mol. The number of fused-ring (bicyclic) bond motifs is 1. The molecule has 0 spiro atoms. The van der Waals surface area contributed by atoms with Gasteiger partial charge in [-0.1, -0.05) is 19.6 Å². The van der Waals surface area contributed by atoms with Crippen LogP contribution < -0.4 is 27.3 Å². The molecule has 42 heavy (non-hydrogen) atoms. The van der Waals surface area contributed by atoms with Crippen LogP contribution in [0, 0.1) is 5.92 Å². The minimum absolute atomic E-state index is 0. The molecule has 0 bridgehead atoms. The Kier molecular flexibility index (Phi) is 19.7. The van der Waals surface area contributed by atoms with Crippen LogP contribution in [0.5, 0.6) is 5.75 Å². The fourth-order valence-corrected chi connectivity index (χ4v) is 3.45. The number of benzene rings is 1. The first-order valence-electron chi connectivity index (χ1n) is 13.1. The van der Waals surface area contributed by atoms with Gasteiger partial charge in [-0.25, -0.2) is 9.78 Å². The molecule has 0 unspecified atom stereocenters. The zero-order valence-electron chi connectivity index (χ0n) is 23.0. The molecule has 14 heteroatoms. The molecule has 2 rings (SSSR count). The Morgan fingerprint density at radius 1 is 1.10 bits per heavy atom. The highest BCUT2D eigenvalue weighted by atomic mass is 17.2. The average molecular weight is 594 g/mol. The number of hydrogen-bond acceptors (Lipinski definition) is 12. The molecule has 2 aromatic rings. The second-order valence-electron chi connectivity index (χ2n) is 8.95. The minimum Gasteiger partial charge on any atom is -0.496 e. The maximum absolute atomic E-state index is 12.1. The number of hydrogen-bond donors (Lipinski definition) is 5. The summed E-state index contributed by atoms with van der Waals surface area (Å²) in [7, 11) is 1.54. The molecule has 0 aliphatic carbocycles. The Morgan fingerprint density at radius 2 is 1.81 bits per heavy atom. The van der Waals surface area contributed by atoms with Gasteiger partial charge in [0.25, 0.3) is 5.91 Å². The summed E-state index contributed by atoms with van der Waals surface area (Å²) in [6.07, 6.45) is 3.06. The van der Waals surface area contributed by atoms with Gasteiger partial charge in [-0.2, -0.15) is 4.89 Å². The first-order chi connectivity index (χ1) is 19.7. The Labute approximate surface area is 245 Å². The van der Waals surface area contributed by atoms with Crippen LogP contribution in [-0.2, 0) is 29.0 Å². The van der Waals surface area contributed by atoms with E-state index in [1.807, 2.05) is 18.2 Å². The van der Waals surface area contributed by atoms with Crippen molar-refractivity contribution in [3.63, 3.8) is 0 Å². The lowest BCUT2D eigenvalue weighted by Crippen LogP contribution is -2.41. The van der Waals surface area contributed by atoms with Gasteiger partial charge in [0.05, 0.1) is 31.8 Å². The smallest absolute Gasteiger partial charge is 0.358 e. The minimum atomic E-state index is -1.03. The molecule has 1 amide bonds. The van der Waals surface area contributed by atoms with E-state index in [1.165, 1.54) is 0 Å². The Morgan fingerprint density at radius 3 is 2.43 bits per heavy atom. The number of nitrogens with one attached hydrogen (secondary N) is 1. The van der Waals surface area contributed by atoms with Crippen molar-refractivity contribution in [1.82, 2.24) is 10.3 Å². The molecule has 0 fully saturated rings. The fraction of sp³-hybridized carbons (Fsp3) is 0.500. The maximum Gasteiger partial charge on any atom is 0.358 e. The van der Waals surface area contributed by atoms with E-state index in [-0.39, 0.29) is 26.1 Å². The van der Waals surface area contributed by atoms with Crippen LogP contribution in [0.4, 0.5) is 0 Å². The highest BCUT2D eigenvalue weighted by Crippen LogP contribution is 2.24. The lowest BCUT2D eigenvalue weighted by molar-refractivity contribution is -0.274. The van der Waals surface area contributed by atoms with Gasteiger partial charge < -0.3 is 42.0 Å². The number of aliphatic carboxylic acids is 1. The van der Waals surface area contributed by atoms with Gasteiger partial charge in [0, 0.05) is 23.8 Å². The molecule has 234 valence electrons. The van der Waals surface area contributed by atoms with Crippen LogP contribution in [0.1, 0.15) is 62.9 Å². The zero-order valence-corrected chi connectivity index (χ0v) is 23.0. The lowest BCUT2D eigenvalue weighted by atomic mass is 10.0. The number of carboxylic acid groups (broad SMARTS) is 1. The summed E-state index contributed by atoms with van der Waals surface area (Å²) in [4.78, 5) is 68.2. The van der Waals surface area contributed by atoms with Crippen LogP contribution in [0.3, 0.4) is 0 Å². The van der Waals surface area contributed by atoms with Crippen molar-refractivity contribution in [1.29, 1.82) is 0 Å². The van der Waals surface area contributed by atoms with E-state index in [2.05, 4.69) is 20.1 Å². The zero-order chi connectivity index (χ0) is 30.6. The molecule has 0 aliphatic heterocycles. The number of nitrogens with zero attached hydrogens (tertiary/aromatic N) is 1. The molecule has 14 nitrogen and oxygen atoms in total. The quantitative estimate of drug-likeness (QED) is 0.0542. The van der Waals surface area contributed by atoms with Gasteiger partial charge in [0.15, 0.2) is 0 Å². The number of pyridine rings is 1. The summed E-state index contributed by atoms with van der Waals surface area (Å²) >= 11 is 0. The van der Waals surface area contributed by atoms with Gasteiger partial charge in [0.2, 0.25) is 0 Å². The Hall–Kier alpha value is -3.98. The third kappa shape index (κ3) is 14.6. The second kappa shape index (κ2) is 21.7. The van der Waals surface area contributed by atoms with Crippen LogP contribution >= 0.6 is 0 Å². The first kappa shape index (κ1) is 38.0. The van der Waals surface area contributed by atoms with E-state index in [9.17, 15) is 24.0 Å². The topological polar surface area (TPSA) is 236 Å². The number of amides is 1. The highest BCUT2D eigenvalue weighted by molar-refractivity contribution is 5.97. The van der Waals surface area contributed by atoms with E-state index in [4.69, 9.17) is 27.0 Å². The molecule has 0 saturated carbocycles. The number of para-hydroxylation sites is 1. The molecule has 3 atom stereocenters. The van der Waals surface area contributed by atoms with E-state index < -0.39 is 36.0 Å². The third-order valence-electron chi connectivity index (χ3n) is 5.64. The van der Waals surface area contributed by atoms with Gasteiger partial charge >= 0.3 is 11.9 Å². The van der Waals surface area contributed by atoms with Crippen molar-refractivity contribution in [3.05, 3.63) is 36.0 Å². The molecule has 0 aliphatic rings.